The maximum absolute atomic E-state index is 10.9. The van der Waals surface area contributed by atoms with E-state index in [1.54, 1.807) is 6.92 Å². The Hall–Kier alpha value is -1.40. The minimum atomic E-state index is -0.932. The van der Waals surface area contributed by atoms with Crippen LogP contribution in [0.3, 0.4) is 0 Å². The molecule has 6 heteroatoms. The number of benzene rings is 1. The Balaban J connectivity index is 2.09. The van der Waals surface area contributed by atoms with Crippen molar-refractivity contribution < 1.29 is 9.90 Å². The summed E-state index contributed by atoms with van der Waals surface area (Å²) in [4.78, 5) is 15.4. The molecule has 0 unspecified atom stereocenters. The predicted octanol–water partition coefficient (Wildman–Crippen LogP) is 3.52. The second kappa shape index (κ2) is 5.49. The Morgan fingerprint density at radius 1 is 1.50 bits per heavy atom. The molecule has 0 aliphatic heterocycles. The first-order valence-corrected chi connectivity index (χ1v) is 6.87. The Morgan fingerprint density at radius 3 is 2.83 bits per heavy atom. The van der Waals surface area contributed by atoms with Crippen molar-refractivity contribution in [1.29, 1.82) is 0 Å². The maximum Gasteiger partial charge on any atom is 0.347 e. The van der Waals surface area contributed by atoms with Crippen LogP contribution in [0.4, 0.5) is 5.13 Å². The summed E-state index contributed by atoms with van der Waals surface area (Å²) in [7, 11) is 0. The molecule has 0 saturated heterocycles. The number of aromatic nitrogens is 1. The third-order valence-electron chi connectivity index (χ3n) is 2.38. The van der Waals surface area contributed by atoms with Crippen LogP contribution >= 0.6 is 27.3 Å². The van der Waals surface area contributed by atoms with Gasteiger partial charge in [0.05, 0.1) is 5.69 Å². The molecule has 0 spiro atoms. The highest BCUT2D eigenvalue weighted by molar-refractivity contribution is 9.10. The first-order chi connectivity index (χ1) is 8.58. The first-order valence-electron chi connectivity index (χ1n) is 5.26. The summed E-state index contributed by atoms with van der Waals surface area (Å²) >= 11 is 4.62. The van der Waals surface area contributed by atoms with Gasteiger partial charge in [0.25, 0.3) is 0 Å². The number of aryl methyl sites for hydroxylation is 1. The summed E-state index contributed by atoms with van der Waals surface area (Å²) in [5.74, 6) is -0.932. The summed E-state index contributed by atoms with van der Waals surface area (Å²) in [6.07, 6.45) is 0. The standard InChI is InChI=1S/C12H11BrN2O2S/c1-7-10(11(16)17)18-12(15-7)14-6-8-4-2-3-5-9(8)13/h2-5H,6H2,1H3,(H,14,15)(H,16,17). The molecule has 2 rings (SSSR count). The number of carbonyl (C=O) groups is 1. The summed E-state index contributed by atoms with van der Waals surface area (Å²) in [5, 5.41) is 12.7. The molecule has 0 aliphatic rings. The SMILES string of the molecule is Cc1nc(NCc2ccccc2Br)sc1C(=O)O. The van der Waals surface area contributed by atoms with Gasteiger partial charge in [-0.25, -0.2) is 9.78 Å². The number of carboxylic acids is 1. The molecule has 0 aliphatic carbocycles. The third kappa shape index (κ3) is 2.88. The second-order valence-electron chi connectivity index (χ2n) is 3.68. The van der Waals surface area contributed by atoms with Gasteiger partial charge in [-0.05, 0) is 18.6 Å². The molecule has 1 heterocycles. The molecule has 0 fully saturated rings. The Kier molecular flexibility index (Phi) is 3.98. The molecule has 0 atom stereocenters. The van der Waals surface area contributed by atoms with Crippen LogP contribution in [0.1, 0.15) is 20.9 Å². The van der Waals surface area contributed by atoms with Gasteiger partial charge in [0, 0.05) is 11.0 Å². The van der Waals surface area contributed by atoms with E-state index in [4.69, 9.17) is 5.11 Å². The lowest BCUT2D eigenvalue weighted by Crippen LogP contribution is -1.99. The van der Waals surface area contributed by atoms with Gasteiger partial charge in [-0.15, -0.1) is 0 Å². The summed E-state index contributed by atoms with van der Waals surface area (Å²) in [5.41, 5.74) is 1.64. The van der Waals surface area contributed by atoms with E-state index in [1.807, 2.05) is 24.3 Å². The number of nitrogens with one attached hydrogen (secondary N) is 1. The van der Waals surface area contributed by atoms with Crippen molar-refractivity contribution >= 4 is 38.4 Å². The molecular formula is C12H11BrN2O2S. The average molecular weight is 327 g/mol. The number of thiazole rings is 1. The Bertz CT molecular complexity index is 583. The minimum absolute atomic E-state index is 0.282. The zero-order chi connectivity index (χ0) is 13.1. The van der Waals surface area contributed by atoms with Gasteiger partial charge in [0.2, 0.25) is 0 Å². The van der Waals surface area contributed by atoms with Gasteiger partial charge >= 0.3 is 5.97 Å². The summed E-state index contributed by atoms with van der Waals surface area (Å²) in [6.45, 7) is 2.30. The van der Waals surface area contributed by atoms with Gasteiger partial charge < -0.3 is 10.4 Å². The summed E-state index contributed by atoms with van der Waals surface area (Å²) in [6, 6.07) is 7.86. The fraction of sp³-hybridized carbons (Fsp3) is 0.167. The molecular weight excluding hydrogens is 316 g/mol. The van der Waals surface area contributed by atoms with Gasteiger partial charge in [0.15, 0.2) is 5.13 Å². The molecule has 94 valence electrons. The molecule has 1 aromatic carbocycles. The quantitative estimate of drug-likeness (QED) is 0.902. The van der Waals surface area contributed by atoms with Gasteiger partial charge in [-0.2, -0.15) is 0 Å². The van der Waals surface area contributed by atoms with E-state index in [2.05, 4.69) is 26.2 Å². The monoisotopic (exact) mass is 326 g/mol. The average Bonchev–Trinajstić information content (AvgIpc) is 2.70. The van der Waals surface area contributed by atoms with Crippen LogP contribution in [0.2, 0.25) is 0 Å². The number of anilines is 1. The topological polar surface area (TPSA) is 62.2 Å². The van der Waals surface area contributed by atoms with Crippen molar-refractivity contribution in [3.8, 4) is 0 Å². The van der Waals surface area contributed by atoms with Gasteiger partial charge in [-0.3, -0.25) is 0 Å². The second-order valence-corrected chi connectivity index (χ2v) is 5.54. The zero-order valence-electron chi connectivity index (χ0n) is 9.61. The number of nitrogens with zero attached hydrogens (tertiary/aromatic N) is 1. The highest BCUT2D eigenvalue weighted by Gasteiger charge is 2.13. The van der Waals surface area contributed by atoms with Crippen LogP contribution in [0.15, 0.2) is 28.7 Å². The van der Waals surface area contributed by atoms with Crippen LogP contribution in [-0.2, 0) is 6.54 Å². The summed E-state index contributed by atoms with van der Waals surface area (Å²) < 4.78 is 1.02. The van der Waals surface area contributed by atoms with Crippen molar-refractivity contribution in [2.45, 2.75) is 13.5 Å². The number of halogens is 1. The molecule has 4 nitrogen and oxygen atoms in total. The lowest BCUT2D eigenvalue weighted by atomic mass is 10.2. The van der Waals surface area contributed by atoms with Crippen molar-refractivity contribution in [3.63, 3.8) is 0 Å². The van der Waals surface area contributed by atoms with Crippen molar-refractivity contribution in [2.75, 3.05) is 5.32 Å². The van der Waals surface area contributed by atoms with Gasteiger partial charge in [0.1, 0.15) is 4.88 Å². The number of hydrogen-bond donors (Lipinski definition) is 2. The van der Waals surface area contributed by atoms with E-state index in [0.29, 0.717) is 17.4 Å². The van der Waals surface area contributed by atoms with Gasteiger partial charge in [-0.1, -0.05) is 45.5 Å². The van der Waals surface area contributed by atoms with Crippen molar-refractivity contribution in [1.82, 2.24) is 4.98 Å². The molecule has 2 N–H and O–H groups in total. The Labute approximate surface area is 117 Å². The highest BCUT2D eigenvalue weighted by Crippen LogP contribution is 2.24. The molecule has 2 aromatic rings. The third-order valence-corrected chi connectivity index (χ3v) is 4.26. The number of carboxylic acid groups (broad SMARTS) is 1. The Morgan fingerprint density at radius 2 is 2.22 bits per heavy atom. The number of hydrogen-bond acceptors (Lipinski definition) is 4. The van der Waals surface area contributed by atoms with E-state index in [9.17, 15) is 4.79 Å². The van der Waals surface area contributed by atoms with Crippen LogP contribution in [0.25, 0.3) is 0 Å². The largest absolute Gasteiger partial charge is 0.477 e. The van der Waals surface area contributed by atoms with Crippen LogP contribution in [0.5, 0.6) is 0 Å². The molecule has 1 aromatic heterocycles. The molecule has 0 bridgehead atoms. The normalized spacial score (nSPS) is 10.3. The number of rotatable bonds is 4. The van der Waals surface area contributed by atoms with Crippen LogP contribution < -0.4 is 5.32 Å². The maximum atomic E-state index is 10.9. The van der Waals surface area contributed by atoms with Crippen molar-refractivity contribution in [2.24, 2.45) is 0 Å². The van der Waals surface area contributed by atoms with E-state index in [1.165, 1.54) is 0 Å². The highest BCUT2D eigenvalue weighted by atomic mass is 79.9. The van der Waals surface area contributed by atoms with Crippen LogP contribution in [0, 0.1) is 6.92 Å². The van der Waals surface area contributed by atoms with Crippen LogP contribution in [-0.4, -0.2) is 16.1 Å². The molecule has 0 amide bonds. The fourth-order valence-corrected chi connectivity index (χ4v) is 2.71. The zero-order valence-corrected chi connectivity index (χ0v) is 12.0. The molecule has 0 radical (unpaired) electrons. The van der Waals surface area contributed by atoms with E-state index in [-0.39, 0.29) is 4.88 Å². The smallest absolute Gasteiger partial charge is 0.347 e. The van der Waals surface area contributed by atoms with E-state index < -0.39 is 5.97 Å². The molecule has 0 saturated carbocycles. The first kappa shape index (κ1) is 13.0. The lowest BCUT2D eigenvalue weighted by molar-refractivity contribution is 0.0701. The molecule has 18 heavy (non-hydrogen) atoms. The van der Waals surface area contributed by atoms with E-state index in [0.717, 1.165) is 21.4 Å². The fourth-order valence-electron chi connectivity index (χ4n) is 1.48. The van der Waals surface area contributed by atoms with E-state index >= 15 is 0 Å². The predicted molar refractivity (Wildman–Crippen MR) is 75.3 cm³/mol. The van der Waals surface area contributed by atoms with Crippen molar-refractivity contribution in [3.05, 3.63) is 44.9 Å². The lowest BCUT2D eigenvalue weighted by Gasteiger charge is -2.04. The number of aromatic carboxylic acids is 1. The minimum Gasteiger partial charge on any atom is -0.477 e.